The summed E-state index contributed by atoms with van der Waals surface area (Å²) in [5.41, 5.74) is 4.48. The summed E-state index contributed by atoms with van der Waals surface area (Å²) >= 11 is 0. The second-order valence-corrected chi connectivity index (χ2v) is 5.60. The van der Waals surface area contributed by atoms with E-state index in [0.717, 1.165) is 6.42 Å². The van der Waals surface area contributed by atoms with Gasteiger partial charge in [-0.1, -0.05) is 97.0 Å². The monoisotopic (exact) mass is 374 g/mol. The summed E-state index contributed by atoms with van der Waals surface area (Å²) in [6, 6.07) is 15.7. The lowest BCUT2D eigenvalue weighted by Gasteiger charge is -2.18. The first kappa shape index (κ1) is 25.5. The van der Waals surface area contributed by atoms with Crippen molar-refractivity contribution in [3.05, 3.63) is 65.2 Å². The molecule has 1 aliphatic carbocycles. The molecule has 0 fully saturated rings. The number of terminal acetylenes is 1. The molecule has 4 rings (SSSR count). The Kier molecular flexibility index (Phi) is 13.2. The molecule has 0 aliphatic heterocycles. The summed E-state index contributed by atoms with van der Waals surface area (Å²) in [7, 11) is 0. The Hall–Kier alpha value is -2.52. The lowest BCUT2D eigenvalue weighted by atomic mass is 9.86. The number of benzene rings is 3. The van der Waals surface area contributed by atoms with Gasteiger partial charge >= 0.3 is 0 Å². The lowest BCUT2D eigenvalue weighted by Crippen LogP contribution is -1.99. The van der Waals surface area contributed by atoms with Crippen LogP contribution >= 0.6 is 0 Å². The minimum Gasteiger partial charge on any atom is -0.124 e. The lowest BCUT2D eigenvalue weighted by molar-refractivity contribution is 0.994. The molecule has 0 nitrogen and oxygen atoms in total. The summed E-state index contributed by atoms with van der Waals surface area (Å²) in [6.07, 6.45) is 16.0. The zero-order valence-corrected chi connectivity index (χ0v) is 19.0. The predicted molar refractivity (Wildman–Crippen MR) is 132 cm³/mol. The van der Waals surface area contributed by atoms with Crippen LogP contribution in [0.1, 0.15) is 71.6 Å². The highest BCUT2D eigenvalue weighted by molar-refractivity contribution is 6.04. The van der Waals surface area contributed by atoms with E-state index < -0.39 is 0 Å². The molecule has 28 heavy (non-hydrogen) atoms. The Bertz CT molecular complexity index is 879. The summed E-state index contributed by atoms with van der Waals surface area (Å²) < 4.78 is 0. The highest BCUT2D eigenvalue weighted by Gasteiger charge is 2.13. The van der Waals surface area contributed by atoms with E-state index >= 15 is 0 Å². The molecule has 0 heteroatoms. The van der Waals surface area contributed by atoms with Gasteiger partial charge in [0.05, 0.1) is 0 Å². The van der Waals surface area contributed by atoms with Crippen molar-refractivity contribution in [2.24, 2.45) is 0 Å². The van der Waals surface area contributed by atoms with Crippen LogP contribution in [0.2, 0.25) is 0 Å². The summed E-state index contributed by atoms with van der Waals surface area (Å²) in [5.74, 6) is 0. The second kappa shape index (κ2) is 14.5. The van der Waals surface area contributed by atoms with Crippen LogP contribution in [0.3, 0.4) is 0 Å². The molecule has 3 aromatic rings. The van der Waals surface area contributed by atoms with E-state index in [1.54, 1.807) is 5.56 Å². The smallest absolute Gasteiger partial charge is 0.0107 e. The van der Waals surface area contributed by atoms with Crippen molar-refractivity contribution in [1.29, 1.82) is 0 Å². The predicted octanol–water partition coefficient (Wildman–Crippen LogP) is 8.84. The van der Waals surface area contributed by atoms with Crippen molar-refractivity contribution in [2.45, 2.75) is 67.7 Å². The van der Waals surface area contributed by atoms with Gasteiger partial charge in [0.25, 0.3) is 0 Å². The maximum absolute atomic E-state index is 4.00. The third-order valence-electron chi connectivity index (χ3n) is 4.49. The van der Waals surface area contributed by atoms with Crippen molar-refractivity contribution in [1.82, 2.24) is 0 Å². The molecular weight excluding hydrogens is 336 g/mol. The molecule has 0 saturated heterocycles. The van der Waals surface area contributed by atoms with Crippen LogP contribution in [-0.4, -0.2) is 0 Å². The quantitative estimate of drug-likeness (QED) is 0.295. The largest absolute Gasteiger partial charge is 0.124 e. The molecule has 0 aromatic heterocycles. The van der Waals surface area contributed by atoms with Crippen LogP contribution in [-0.2, 0) is 12.8 Å². The number of allylic oxidation sites excluding steroid dienone is 1. The zero-order valence-electron chi connectivity index (χ0n) is 19.0. The Morgan fingerprint density at radius 3 is 2.11 bits per heavy atom. The molecule has 0 spiro atoms. The van der Waals surface area contributed by atoms with E-state index in [4.69, 9.17) is 0 Å². The molecule has 0 radical (unpaired) electrons. The van der Waals surface area contributed by atoms with Crippen LogP contribution in [0.25, 0.3) is 27.6 Å². The number of fused-ring (bicyclic) bond motifs is 4. The number of hydrogen-bond acceptors (Lipinski definition) is 0. The number of aryl methyl sites for hydroxylation is 2. The molecule has 150 valence electrons. The molecule has 0 amide bonds. The molecular formula is C28H38. The van der Waals surface area contributed by atoms with Gasteiger partial charge in [-0.2, -0.15) is 0 Å². The van der Waals surface area contributed by atoms with E-state index in [1.165, 1.54) is 45.5 Å². The number of rotatable bonds is 1. The summed E-state index contributed by atoms with van der Waals surface area (Å²) in [5, 5.41) is 5.69. The fraction of sp³-hybridized carbons (Fsp3) is 0.357. The average molecular weight is 375 g/mol. The Labute approximate surface area is 173 Å². The van der Waals surface area contributed by atoms with E-state index in [1.807, 2.05) is 41.5 Å². The second-order valence-electron chi connectivity index (χ2n) is 5.60. The highest BCUT2D eigenvalue weighted by Crippen LogP contribution is 2.35. The number of hydrogen-bond donors (Lipinski definition) is 0. The topological polar surface area (TPSA) is 0 Å². The van der Waals surface area contributed by atoms with Gasteiger partial charge in [0, 0.05) is 0 Å². The minimum atomic E-state index is 1.10. The fourth-order valence-electron chi connectivity index (χ4n) is 3.59. The molecule has 0 N–H and O–H groups in total. The van der Waals surface area contributed by atoms with Crippen molar-refractivity contribution in [3.63, 3.8) is 0 Å². The first-order valence-corrected chi connectivity index (χ1v) is 10.8. The Morgan fingerprint density at radius 1 is 0.821 bits per heavy atom. The standard InChI is InChI=1S/C20H18.3C2H6.C2H2/c1-2-17-18-9-5-4-8-15(18)13-16-12-11-14-7-3-6-10-19(14)20(16)17;4*1-2/h3-5,7-9,11-13H,2,6,10H2,1H3;3*1-2H3;1-2H. The summed E-state index contributed by atoms with van der Waals surface area (Å²) in [6.45, 7) is 14.3. The molecule has 3 aromatic carbocycles. The zero-order chi connectivity index (χ0) is 21.5. The normalized spacial score (nSPS) is 10.6. The van der Waals surface area contributed by atoms with E-state index in [-0.39, 0.29) is 0 Å². The van der Waals surface area contributed by atoms with Crippen LogP contribution in [0.15, 0.2) is 48.5 Å². The third kappa shape index (κ3) is 5.49. The van der Waals surface area contributed by atoms with Crippen molar-refractivity contribution in [3.8, 4) is 12.8 Å². The van der Waals surface area contributed by atoms with Gasteiger partial charge in [-0.3, -0.25) is 0 Å². The van der Waals surface area contributed by atoms with Gasteiger partial charge in [0.2, 0.25) is 0 Å². The SMILES string of the molecule is C#C.CC.CC.CC.CCc1c2ccccc2cc2ccc3c(c12)CCC=C3. The summed E-state index contributed by atoms with van der Waals surface area (Å²) in [4.78, 5) is 0. The maximum atomic E-state index is 4.00. The van der Waals surface area contributed by atoms with Crippen LogP contribution in [0, 0.1) is 12.8 Å². The average Bonchev–Trinajstić information content (AvgIpc) is 2.82. The van der Waals surface area contributed by atoms with Gasteiger partial charge < -0.3 is 0 Å². The van der Waals surface area contributed by atoms with E-state index in [9.17, 15) is 0 Å². The Balaban J connectivity index is 0.000000818. The minimum absolute atomic E-state index is 1.10. The van der Waals surface area contributed by atoms with E-state index in [2.05, 4.69) is 74.4 Å². The molecule has 0 unspecified atom stereocenters. The van der Waals surface area contributed by atoms with Gasteiger partial charge in [-0.25, -0.2) is 0 Å². The maximum Gasteiger partial charge on any atom is -0.0107 e. The van der Waals surface area contributed by atoms with Crippen molar-refractivity contribution in [2.75, 3.05) is 0 Å². The highest BCUT2D eigenvalue weighted by atomic mass is 14.2. The molecule has 1 aliphatic rings. The first-order valence-electron chi connectivity index (χ1n) is 10.8. The molecule has 0 heterocycles. The van der Waals surface area contributed by atoms with Crippen LogP contribution in [0.5, 0.6) is 0 Å². The molecule has 0 bridgehead atoms. The van der Waals surface area contributed by atoms with Crippen molar-refractivity contribution < 1.29 is 0 Å². The molecule has 0 atom stereocenters. The Morgan fingerprint density at radius 2 is 1.46 bits per heavy atom. The molecule has 0 saturated carbocycles. The van der Waals surface area contributed by atoms with Crippen molar-refractivity contribution >= 4 is 27.6 Å². The fourth-order valence-corrected chi connectivity index (χ4v) is 3.59. The van der Waals surface area contributed by atoms with Gasteiger partial charge in [-0.15, -0.1) is 12.8 Å². The van der Waals surface area contributed by atoms with E-state index in [0.29, 0.717) is 0 Å². The van der Waals surface area contributed by atoms with Gasteiger partial charge in [-0.05, 0) is 63.6 Å². The van der Waals surface area contributed by atoms with Crippen LogP contribution < -0.4 is 0 Å². The van der Waals surface area contributed by atoms with Crippen LogP contribution in [0.4, 0.5) is 0 Å². The first-order chi connectivity index (χ1) is 13.9. The third-order valence-corrected chi connectivity index (χ3v) is 4.49. The van der Waals surface area contributed by atoms with Gasteiger partial charge in [0.15, 0.2) is 0 Å². The van der Waals surface area contributed by atoms with Gasteiger partial charge in [0.1, 0.15) is 0 Å².